The van der Waals surface area contributed by atoms with Gasteiger partial charge in [0.25, 0.3) is 0 Å². The van der Waals surface area contributed by atoms with Gasteiger partial charge in [0, 0.05) is 19.0 Å². The third-order valence-electron chi connectivity index (χ3n) is 2.32. The zero-order chi connectivity index (χ0) is 10.4. The summed E-state index contributed by atoms with van der Waals surface area (Å²) in [6.45, 7) is 2.35. The van der Waals surface area contributed by atoms with Crippen molar-refractivity contribution in [3.05, 3.63) is 29.0 Å². The number of nitrogens with zero attached hydrogens (tertiary/aromatic N) is 1. The van der Waals surface area contributed by atoms with E-state index < -0.39 is 0 Å². The lowest BCUT2D eigenvalue weighted by molar-refractivity contribution is 0.217. The van der Waals surface area contributed by atoms with Crippen LogP contribution in [0.4, 0.5) is 0 Å². The first-order valence-electron chi connectivity index (χ1n) is 4.97. The average Bonchev–Trinajstić information content (AvgIpc) is 2.20. The van der Waals surface area contributed by atoms with E-state index in [1.165, 1.54) is 0 Å². The Hall–Kier alpha value is -0.600. The summed E-state index contributed by atoms with van der Waals surface area (Å²) in [4.78, 5) is 3.93. The quantitative estimate of drug-likeness (QED) is 0.816. The molecule has 0 aromatic carbocycles. The van der Waals surface area contributed by atoms with E-state index in [1.807, 2.05) is 6.07 Å². The monoisotopic (exact) mass is 213 g/mol. The predicted octanol–water partition coefficient (Wildman–Crippen LogP) is 2.69. The Balaban J connectivity index is 2.62. The second-order valence-electron chi connectivity index (χ2n) is 3.51. The highest BCUT2D eigenvalue weighted by atomic mass is 35.5. The van der Waals surface area contributed by atoms with Crippen LogP contribution in [-0.2, 0) is 6.42 Å². The molecule has 14 heavy (non-hydrogen) atoms. The third kappa shape index (κ3) is 3.28. The van der Waals surface area contributed by atoms with Crippen LogP contribution in [0.5, 0.6) is 0 Å². The Morgan fingerprint density at radius 2 is 2.36 bits per heavy atom. The van der Waals surface area contributed by atoms with Gasteiger partial charge in [-0.1, -0.05) is 24.9 Å². The first-order chi connectivity index (χ1) is 6.77. The van der Waals surface area contributed by atoms with E-state index in [9.17, 15) is 0 Å². The zero-order valence-electron chi connectivity index (χ0n) is 8.41. The summed E-state index contributed by atoms with van der Waals surface area (Å²) >= 11 is 5.98. The van der Waals surface area contributed by atoms with Crippen LogP contribution in [0.25, 0.3) is 0 Å². The van der Waals surface area contributed by atoms with E-state index in [0.717, 1.165) is 24.8 Å². The normalized spacial score (nSPS) is 12.8. The molecule has 0 radical (unpaired) electrons. The van der Waals surface area contributed by atoms with E-state index in [1.54, 1.807) is 12.4 Å². The molecule has 0 aliphatic rings. The Kier molecular flexibility index (Phi) is 4.91. The van der Waals surface area contributed by atoms with Gasteiger partial charge in [0.1, 0.15) is 0 Å². The molecule has 0 fully saturated rings. The van der Waals surface area contributed by atoms with Crippen molar-refractivity contribution >= 4 is 11.6 Å². The molecule has 1 aromatic rings. The molecule has 1 aromatic heterocycles. The molecular weight excluding hydrogens is 198 g/mol. The number of aromatic nitrogens is 1. The Morgan fingerprint density at radius 1 is 1.57 bits per heavy atom. The molecule has 0 saturated carbocycles. The first-order valence-corrected chi connectivity index (χ1v) is 5.35. The molecule has 1 atom stereocenters. The van der Waals surface area contributed by atoms with E-state index >= 15 is 0 Å². The molecule has 0 spiro atoms. The summed E-state index contributed by atoms with van der Waals surface area (Å²) < 4.78 is 0. The van der Waals surface area contributed by atoms with Crippen molar-refractivity contribution in [3.8, 4) is 0 Å². The number of pyridine rings is 1. The molecule has 1 heterocycles. The van der Waals surface area contributed by atoms with Gasteiger partial charge in [-0.15, -0.1) is 0 Å². The highest BCUT2D eigenvalue weighted by Crippen LogP contribution is 2.19. The molecule has 2 nitrogen and oxygen atoms in total. The highest BCUT2D eigenvalue weighted by Gasteiger charge is 2.09. The van der Waals surface area contributed by atoms with Gasteiger partial charge in [0.2, 0.25) is 0 Å². The number of aliphatic hydroxyl groups is 1. The van der Waals surface area contributed by atoms with Gasteiger partial charge in [-0.25, -0.2) is 0 Å². The molecule has 1 N–H and O–H groups in total. The predicted molar refractivity (Wildman–Crippen MR) is 58.4 cm³/mol. The van der Waals surface area contributed by atoms with Crippen LogP contribution in [0.15, 0.2) is 18.5 Å². The van der Waals surface area contributed by atoms with Gasteiger partial charge in [0.05, 0.1) is 5.02 Å². The minimum absolute atomic E-state index is 0.229. The average molecular weight is 214 g/mol. The number of halogens is 1. The van der Waals surface area contributed by atoms with Gasteiger partial charge >= 0.3 is 0 Å². The van der Waals surface area contributed by atoms with Gasteiger partial charge in [-0.05, 0) is 30.4 Å². The van der Waals surface area contributed by atoms with E-state index in [-0.39, 0.29) is 6.61 Å². The fourth-order valence-electron chi connectivity index (χ4n) is 1.55. The topological polar surface area (TPSA) is 33.1 Å². The number of aliphatic hydroxyl groups excluding tert-OH is 1. The molecule has 1 unspecified atom stereocenters. The summed E-state index contributed by atoms with van der Waals surface area (Å²) in [5.41, 5.74) is 1.08. The third-order valence-corrected chi connectivity index (χ3v) is 2.66. The van der Waals surface area contributed by atoms with Gasteiger partial charge in [-0.2, -0.15) is 0 Å². The SMILES string of the molecule is CCCC(CO)Cc1ccncc1Cl. The Morgan fingerprint density at radius 3 is 2.93 bits per heavy atom. The molecule has 0 bridgehead atoms. The maximum atomic E-state index is 9.15. The van der Waals surface area contributed by atoms with Crippen molar-refractivity contribution in [3.63, 3.8) is 0 Å². The van der Waals surface area contributed by atoms with Crippen molar-refractivity contribution in [1.82, 2.24) is 4.98 Å². The first kappa shape index (κ1) is 11.5. The molecule has 0 saturated heterocycles. The highest BCUT2D eigenvalue weighted by molar-refractivity contribution is 6.31. The van der Waals surface area contributed by atoms with Crippen molar-refractivity contribution in [2.24, 2.45) is 5.92 Å². The molecule has 0 aliphatic carbocycles. The standard InChI is InChI=1S/C11H16ClNO/c1-2-3-9(8-14)6-10-4-5-13-7-11(10)12/h4-5,7,9,14H,2-3,6,8H2,1H3. The lowest BCUT2D eigenvalue weighted by Crippen LogP contribution is -2.09. The van der Waals surface area contributed by atoms with Gasteiger partial charge in [-0.3, -0.25) is 4.98 Å². The summed E-state index contributed by atoms with van der Waals surface area (Å²) in [5.74, 6) is 0.319. The molecule has 3 heteroatoms. The van der Waals surface area contributed by atoms with Crippen molar-refractivity contribution in [2.45, 2.75) is 26.2 Å². The summed E-state index contributed by atoms with van der Waals surface area (Å²) in [6.07, 6.45) is 6.35. The Labute approximate surface area is 89.9 Å². The minimum Gasteiger partial charge on any atom is -0.396 e. The molecule has 1 rings (SSSR count). The summed E-state index contributed by atoms with van der Waals surface area (Å²) in [5, 5.41) is 9.85. The number of rotatable bonds is 5. The lowest BCUT2D eigenvalue weighted by Gasteiger charge is -2.13. The van der Waals surface area contributed by atoms with Crippen LogP contribution in [0.2, 0.25) is 5.02 Å². The van der Waals surface area contributed by atoms with Crippen molar-refractivity contribution in [2.75, 3.05) is 6.61 Å². The van der Waals surface area contributed by atoms with E-state index in [2.05, 4.69) is 11.9 Å². The second kappa shape index (κ2) is 5.99. The minimum atomic E-state index is 0.229. The van der Waals surface area contributed by atoms with Crippen LogP contribution in [0, 0.1) is 5.92 Å². The molecule has 0 amide bonds. The van der Waals surface area contributed by atoms with Crippen LogP contribution in [0.3, 0.4) is 0 Å². The lowest BCUT2D eigenvalue weighted by atomic mass is 9.96. The summed E-state index contributed by atoms with van der Waals surface area (Å²) in [7, 11) is 0. The molecular formula is C11H16ClNO. The van der Waals surface area contributed by atoms with E-state index in [0.29, 0.717) is 10.9 Å². The van der Waals surface area contributed by atoms with Gasteiger partial charge in [0.15, 0.2) is 0 Å². The van der Waals surface area contributed by atoms with Crippen molar-refractivity contribution < 1.29 is 5.11 Å². The summed E-state index contributed by atoms with van der Waals surface area (Å²) in [6, 6.07) is 1.92. The molecule has 78 valence electrons. The maximum absolute atomic E-state index is 9.15. The van der Waals surface area contributed by atoms with Crippen LogP contribution in [-0.4, -0.2) is 16.7 Å². The zero-order valence-corrected chi connectivity index (χ0v) is 9.17. The van der Waals surface area contributed by atoms with E-state index in [4.69, 9.17) is 16.7 Å². The Bertz CT molecular complexity index is 278. The fraction of sp³-hybridized carbons (Fsp3) is 0.545. The van der Waals surface area contributed by atoms with Gasteiger partial charge < -0.3 is 5.11 Å². The fourth-order valence-corrected chi connectivity index (χ4v) is 1.74. The van der Waals surface area contributed by atoms with Crippen LogP contribution in [0.1, 0.15) is 25.3 Å². The smallest absolute Gasteiger partial charge is 0.0621 e. The number of hydrogen-bond acceptors (Lipinski definition) is 2. The van der Waals surface area contributed by atoms with Crippen LogP contribution >= 0.6 is 11.6 Å². The molecule has 0 aliphatic heterocycles. The maximum Gasteiger partial charge on any atom is 0.0621 e. The largest absolute Gasteiger partial charge is 0.396 e. The van der Waals surface area contributed by atoms with Crippen LogP contribution < -0.4 is 0 Å². The number of hydrogen-bond donors (Lipinski definition) is 1. The van der Waals surface area contributed by atoms with Crippen molar-refractivity contribution in [1.29, 1.82) is 0 Å². The second-order valence-corrected chi connectivity index (χ2v) is 3.92.